The van der Waals surface area contributed by atoms with Crippen LogP contribution in [0.2, 0.25) is 0 Å². The second kappa shape index (κ2) is 11.0. The van der Waals surface area contributed by atoms with Crippen LogP contribution in [-0.4, -0.2) is 34.9 Å². The highest BCUT2D eigenvalue weighted by Crippen LogP contribution is 2.50. The number of ether oxygens (including phenoxy) is 1. The molecule has 1 unspecified atom stereocenters. The fraction of sp³-hybridized carbons (Fsp3) is 0.421. The number of benzene rings is 1. The second-order valence-electron chi connectivity index (χ2n) is 7.00. The van der Waals surface area contributed by atoms with E-state index in [4.69, 9.17) is 29.1 Å². The van der Waals surface area contributed by atoms with Gasteiger partial charge in [0.05, 0.1) is 37.8 Å². The van der Waals surface area contributed by atoms with Gasteiger partial charge in [-0.1, -0.05) is 23.3 Å². The standard InChI is InChI=1S/C19H21N6O7P/c1-13-11-25(19(27)22-18(13)26)17-10-15(23-24-21)16(31-17)12-30-33(28,29-9-5-8-20)32-14-6-3-2-4-7-14/h2-4,6-7,11,15-17H,5,9-10,12H2,1H3,(H,22,26,27)/t15-,16+,17+,33?/m0/s1. The first-order valence-corrected chi connectivity index (χ1v) is 11.3. The number of H-pyrrole nitrogens is 1. The average Bonchev–Trinajstić information content (AvgIpc) is 3.18. The number of nitriles is 1. The van der Waals surface area contributed by atoms with Crippen molar-refractivity contribution in [3.8, 4) is 11.8 Å². The van der Waals surface area contributed by atoms with E-state index in [0.717, 1.165) is 0 Å². The lowest BCUT2D eigenvalue weighted by molar-refractivity contribution is -0.0278. The molecular weight excluding hydrogens is 455 g/mol. The van der Waals surface area contributed by atoms with Gasteiger partial charge in [0.1, 0.15) is 12.0 Å². The zero-order valence-electron chi connectivity index (χ0n) is 17.6. The first kappa shape index (κ1) is 24.3. The van der Waals surface area contributed by atoms with Gasteiger partial charge in [0, 0.05) is 23.1 Å². The number of nitrogens with one attached hydrogen (secondary N) is 1. The van der Waals surface area contributed by atoms with E-state index in [9.17, 15) is 14.2 Å². The SMILES string of the molecule is Cc1cn([C@H]2C[C@H](N=[N+]=[N-])[C@@H](COP(=O)(OCCC#N)Oc3ccccc3)O2)c(=O)[nH]c1=O. The van der Waals surface area contributed by atoms with Gasteiger partial charge in [0.25, 0.3) is 5.56 Å². The summed E-state index contributed by atoms with van der Waals surface area (Å²) < 4.78 is 36.2. The van der Waals surface area contributed by atoms with Crippen LogP contribution in [0.15, 0.2) is 51.2 Å². The molecule has 0 spiro atoms. The summed E-state index contributed by atoms with van der Waals surface area (Å²) in [6.45, 7) is 0.986. The number of azide groups is 1. The Morgan fingerprint density at radius 3 is 2.82 bits per heavy atom. The highest BCUT2D eigenvalue weighted by Gasteiger charge is 2.39. The minimum atomic E-state index is -4.17. The number of aryl methyl sites for hydroxylation is 1. The molecule has 14 heteroatoms. The third-order valence-electron chi connectivity index (χ3n) is 4.68. The predicted molar refractivity (Wildman–Crippen MR) is 114 cm³/mol. The van der Waals surface area contributed by atoms with Crippen LogP contribution >= 0.6 is 7.82 Å². The van der Waals surface area contributed by atoms with Gasteiger partial charge < -0.3 is 9.26 Å². The summed E-state index contributed by atoms with van der Waals surface area (Å²) in [5, 5.41) is 12.4. The van der Waals surface area contributed by atoms with Crippen LogP contribution in [0.3, 0.4) is 0 Å². The fourth-order valence-corrected chi connectivity index (χ4v) is 4.30. The molecule has 1 aliphatic heterocycles. The summed E-state index contributed by atoms with van der Waals surface area (Å²) in [5.74, 6) is 0.227. The summed E-state index contributed by atoms with van der Waals surface area (Å²) in [6.07, 6.45) is -0.328. The molecule has 1 fully saturated rings. The number of hydrogen-bond donors (Lipinski definition) is 1. The van der Waals surface area contributed by atoms with Gasteiger partial charge >= 0.3 is 13.5 Å². The second-order valence-corrected chi connectivity index (χ2v) is 8.60. The summed E-state index contributed by atoms with van der Waals surface area (Å²) in [4.78, 5) is 28.8. The van der Waals surface area contributed by atoms with Crippen LogP contribution in [-0.2, 0) is 18.3 Å². The third kappa shape index (κ3) is 6.32. The maximum absolute atomic E-state index is 13.1. The fourth-order valence-electron chi connectivity index (χ4n) is 3.09. The van der Waals surface area contributed by atoms with Crippen molar-refractivity contribution in [2.75, 3.05) is 13.2 Å². The van der Waals surface area contributed by atoms with Gasteiger partial charge in [-0.2, -0.15) is 5.26 Å². The van der Waals surface area contributed by atoms with Crippen molar-refractivity contribution in [3.63, 3.8) is 0 Å². The van der Waals surface area contributed by atoms with Crippen LogP contribution in [0.25, 0.3) is 10.4 Å². The van der Waals surface area contributed by atoms with E-state index in [2.05, 4.69) is 15.0 Å². The Morgan fingerprint density at radius 1 is 1.36 bits per heavy atom. The maximum atomic E-state index is 13.1. The molecule has 1 aromatic carbocycles. The molecule has 2 heterocycles. The zero-order valence-corrected chi connectivity index (χ0v) is 18.5. The van der Waals surface area contributed by atoms with E-state index < -0.39 is 37.4 Å². The molecular formula is C19H21N6O7P. The van der Waals surface area contributed by atoms with Crippen molar-refractivity contribution in [3.05, 3.63) is 73.4 Å². The molecule has 1 N–H and O–H groups in total. The van der Waals surface area contributed by atoms with Gasteiger partial charge in [0.15, 0.2) is 0 Å². The van der Waals surface area contributed by atoms with Crippen molar-refractivity contribution in [1.29, 1.82) is 5.26 Å². The molecule has 1 saturated heterocycles. The number of hydrogen-bond acceptors (Lipinski definition) is 9. The summed E-state index contributed by atoms with van der Waals surface area (Å²) in [6, 6.07) is 9.30. The van der Waals surface area contributed by atoms with Gasteiger partial charge in [-0.15, -0.1) is 0 Å². The largest absolute Gasteiger partial charge is 0.530 e. The molecule has 0 amide bonds. The number of phosphoric acid groups is 1. The Balaban J connectivity index is 1.77. The molecule has 174 valence electrons. The normalized spacial score (nSPS) is 21.5. The average molecular weight is 476 g/mol. The molecule has 1 aromatic heterocycles. The maximum Gasteiger partial charge on any atom is 0.530 e. The van der Waals surface area contributed by atoms with Crippen LogP contribution in [0.4, 0.5) is 0 Å². The van der Waals surface area contributed by atoms with E-state index in [0.29, 0.717) is 5.56 Å². The van der Waals surface area contributed by atoms with E-state index >= 15 is 0 Å². The van der Waals surface area contributed by atoms with Gasteiger partial charge in [0.2, 0.25) is 0 Å². The minimum absolute atomic E-state index is 0.0384. The number of phosphoric ester groups is 1. The first-order chi connectivity index (χ1) is 15.8. The quantitative estimate of drug-likeness (QED) is 0.178. The molecule has 0 aliphatic carbocycles. The number of para-hydroxylation sites is 1. The summed E-state index contributed by atoms with van der Waals surface area (Å²) in [5.41, 5.74) is 8.01. The number of rotatable bonds is 10. The summed E-state index contributed by atoms with van der Waals surface area (Å²) in [7, 11) is -4.17. The molecule has 13 nitrogen and oxygen atoms in total. The first-order valence-electron chi connectivity index (χ1n) is 9.87. The Labute approximate surface area is 187 Å². The molecule has 0 bridgehead atoms. The van der Waals surface area contributed by atoms with Crippen LogP contribution < -0.4 is 15.8 Å². The molecule has 1 aliphatic rings. The number of aromatic amines is 1. The topological polar surface area (TPSA) is 181 Å². The number of aromatic nitrogens is 2. The van der Waals surface area contributed by atoms with Crippen molar-refractivity contribution < 1.29 is 22.9 Å². The highest BCUT2D eigenvalue weighted by molar-refractivity contribution is 7.48. The monoisotopic (exact) mass is 476 g/mol. The Kier molecular flexibility index (Phi) is 8.06. The third-order valence-corrected chi connectivity index (χ3v) is 6.08. The lowest BCUT2D eigenvalue weighted by atomic mass is 10.1. The van der Waals surface area contributed by atoms with E-state index in [1.807, 2.05) is 6.07 Å². The van der Waals surface area contributed by atoms with E-state index in [1.165, 1.54) is 17.7 Å². The Morgan fingerprint density at radius 2 is 2.12 bits per heavy atom. The lowest BCUT2D eigenvalue weighted by Crippen LogP contribution is -2.33. The Hall–Kier alpha value is -3.39. The van der Waals surface area contributed by atoms with Crippen molar-refractivity contribution in [2.24, 2.45) is 5.11 Å². The molecule has 4 atom stereocenters. The predicted octanol–water partition coefficient (Wildman–Crippen LogP) is 2.95. The van der Waals surface area contributed by atoms with Crippen molar-refractivity contribution in [2.45, 2.75) is 38.1 Å². The minimum Gasteiger partial charge on any atom is -0.404 e. The molecule has 2 aromatic rings. The molecule has 3 rings (SSSR count). The Bertz CT molecular complexity index is 1220. The van der Waals surface area contributed by atoms with Gasteiger partial charge in [-0.3, -0.25) is 23.4 Å². The summed E-state index contributed by atoms with van der Waals surface area (Å²) >= 11 is 0. The molecule has 0 radical (unpaired) electrons. The van der Waals surface area contributed by atoms with Gasteiger partial charge in [-0.25, -0.2) is 9.36 Å². The van der Waals surface area contributed by atoms with Gasteiger partial charge in [-0.05, 0) is 24.6 Å². The van der Waals surface area contributed by atoms with Crippen LogP contribution in [0, 0.1) is 18.3 Å². The zero-order chi connectivity index (χ0) is 23.8. The molecule has 0 saturated carbocycles. The van der Waals surface area contributed by atoms with Crippen molar-refractivity contribution >= 4 is 7.82 Å². The van der Waals surface area contributed by atoms with E-state index in [-0.39, 0.29) is 31.8 Å². The highest BCUT2D eigenvalue weighted by atomic mass is 31.2. The molecule has 33 heavy (non-hydrogen) atoms. The van der Waals surface area contributed by atoms with Crippen LogP contribution in [0.1, 0.15) is 24.6 Å². The lowest BCUT2D eigenvalue weighted by Gasteiger charge is -2.21. The van der Waals surface area contributed by atoms with E-state index in [1.54, 1.807) is 30.3 Å². The van der Waals surface area contributed by atoms with Crippen LogP contribution in [0.5, 0.6) is 5.75 Å². The smallest absolute Gasteiger partial charge is 0.404 e. The van der Waals surface area contributed by atoms with Crippen molar-refractivity contribution in [1.82, 2.24) is 9.55 Å². The number of nitrogens with zero attached hydrogens (tertiary/aromatic N) is 5.